The van der Waals surface area contributed by atoms with Crippen molar-refractivity contribution in [2.75, 3.05) is 73.7 Å². The molecule has 4 aromatic carbocycles. The highest BCUT2D eigenvalue weighted by Gasteiger charge is 2.43. The molecule has 95 heavy (non-hydrogen) atoms. The minimum absolute atomic E-state index is 0. The number of Topliss-reactive ketones (excluding diaryl/α,β-unsaturated/α-hetero) is 2. The van der Waals surface area contributed by atoms with Crippen LogP contribution in [0.3, 0.4) is 0 Å². The molecule has 0 aliphatic carbocycles. The van der Waals surface area contributed by atoms with Crippen molar-refractivity contribution in [1.29, 1.82) is 0 Å². The number of likely N-dealkylation sites (tertiary alicyclic amines) is 5. The van der Waals surface area contributed by atoms with Crippen molar-refractivity contribution in [2.45, 2.75) is 181 Å². The molecule has 0 bridgehead atoms. The molecule has 6 aliphatic heterocycles. The van der Waals surface area contributed by atoms with Crippen LogP contribution in [0.15, 0.2) is 72.8 Å². The summed E-state index contributed by atoms with van der Waals surface area (Å²) in [6, 6.07) is 22.6. The first-order chi connectivity index (χ1) is 44.8. The van der Waals surface area contributed by atoms with E-state index < -0.39 is 30.1 Å². The van der Waals surface area contributed by atoms with Gasteiger partial charge in [0.15, 0.2) is 0 Å². The number of nitrogens with zero attached hydrogens (tertiary/aromatic N) is 5. The number of carbonyl (C=O) groups is 8. The fraction of sp³-hybridized carbons (Fsp3) is 0.549. The topological polar surface area (TPSA) is 239 Å². The van der Waals surface area contributed by atoms with E-state index in [2.05, 4.69) is 59.8 Å². The van der Waals surface area contributed by atoms with Gasteiger partial charge in [0.1, 0.15) is 29.7 Å². The van der Waals surface area contributed by atoms with Gasteiger partial charge < -0.3 is 40.2 Å². The first-order valence-corrected chi connectivity index (χ1v) is 34.2. The van der Waals surface area contributed by atoms with Crippen LogP contribution in [-0.4, -0.2) is 181 Å². The maximum Gasteiger partial charge on any atom is 0.328 e. The van der Waals surface area contributed by atoms with Crippen LogP contribution >= 0.6 is 58.0 Å². The molecule has 19 nitrogen and oxygen atoms in total. The molecule has 0 aromatic heterocycles. The summed E-state index contributed by atoms with van der Waals surface area (Å²) in [4.78, 5) is 101. The number of esters is 3. The molecule has 6 heterocycles. The van der Waals surface area contributed by atoms with Gasteiger partial charge in [0.05, 0.1) is 21.3 Å². The average molecular weight is 1420 g/mol. The van der Waals surface area contributed by atoms with Gasteiger partial charge in [-0.05, 0) is 141 Å². The molecule has 2 amide bonds. The lowest BCUT2D eigenvalue weighted by Gasteiger charge is -2.38. The van der Waals surface area contributed by atoms with Crippen LogP contribution in [0.4, 0.5) is 0 Å². The van der Waals surface area contributed by atoms with Crippen LogP contribution in [0.25, 0.3) is 0 Å². The van der Waals surface area contributed by atoms with Gasteiger partial charge in [-0.25, -0.2) is 9.59 Å². The molecular weight excluding hydrogens is 1320 g/mol. The Hall–Kier alpha value is -5.71. The molecule has 0 saturated carbocycles. The zero-order chi connectivity index (χ0) is 69.0. The fourth-order valence-electron chi connectivity index (χ4n) is 11.9. The minimum atomic E-state index is -0.875. The lowest BCUT2D eigenvalue weighted by atomic mass is 10.0. The fourth-order valence-corrected chi connectivity index (χ4v) is 12.6. The van der Waals surface area contributed by atoms with Crippen LogP contribution in [0.2, 0.25) is 20.1 Å². The molecule has 6 saturated heterocycles. The number of methoxy groups -OCH3 is 3. The van der Waals surface area contributed by atoms with E-state index >= 15 is 0 Å². The second-order valence-electron chi connectivity index (χ2n) is 24.4. The molecule has 0 unspecified atom stereocenters. The van der Waals surface area contributed by atoms with Crippen LogP contribution < -0.4 is 11.1 Å². The van der Waals surface area contributed by atoms with Crippen molar-refractivity contribution in [3.8, 4) is 0 Å². The van der Waals surface area contributed by atoms with Gasteiger partial charge in [-0.15, -0.1) is 11.6 Å². The number of nitrogens with two attached hydrogens (primary N) is 1. The molecule has 4 N–H and O–H groups in total. The average Bonchev–Trinajstić information content (AvgIpc) is 1.71. The second kappa shape index (κ2) is 42.2. The number of alkyl halides is 1. The molecule has 4 aromatic rings. The van der Waals surface area contributed by atoms with E-state index in [4.69, 9.17) is 68.5 Å². The zero-order valence-electron chi connectivity index (χ0n) is 55.3. The number of hydrogen-bond donors (Lipinski definition) is 3. The number of amides is 2. The summed E-state index contributed by atoms with van der Waals surface area (Å²) < 4.78 is 13.6. The van der Waals surface area contributed by atoms with Crippen LogP contribution in [0.5, 0.6) is 0 Å². The Morgan fingerprint density at radius 3 is 1.24 bits per heavy atom. The third kappa shape index (κ3) is 27.3. The minimum Gasteiger partial charge on any atom is -0.480 e. The smallest absolute Gasteiger partial charge is 0.328 e. The predicted octanol–water partition coefficient (Wildman–Crippen LogP) is 11.7. The van der Waals surface area contributed by atoms with Crippen LogP contribution in [0, 0.1) is 27.7 Å². The first-order valence-electron chi connectivity index (χ1n) is 32.1. The number of hydrogen-bond acceptors (Lipinski definition) is 16. The Labute approximate surface area is 586 Å². The number of piperidine rings is 4. The second-order valence-corrected chi connectivity index (χ2v) is 26.3. The van der Waals surface area contributed by atoms with Gasteiger partial charge in [0.2, 0.25) is 11.8 Å². The molecule has 24 heteroatoms. The summed E-state index contributed by atoms with van der Waals surface area (Å²) >= 11 is 29.5. The molecule has 10 rings (SSSR count). The maximum atomic E-state index is 12.2. The molecule has 0 radical (unpaired) electrons. The number of halogens is 5. The van der Waals surface area contributed by atoms with E-state index in [0.29, 0.717) is 56.0 Å². The maximum absolute atomic E-state index is 12.2. The molecular formula is C71H98Cl5N7O12. The Morgan fingerprint density at radius 2 is 0.895 bits per heavy atom. The molecule has 0 spiro atoms. The summed E-state index contributed by atoms with van der Waals surface area (Å²) in [6.45, 7) is 17.8. The number of aryl methyl sites for hydroxylation is 4. The summed E-state index contributed by atoms with van der Waals surface area (Å²) in [6.07, 6.45) is 8.55. The monoisotopic (exact) mass is 1420 g/mol. The Kier molecular flexibility index (Phi) is 36.3. The summed E-state index contributed by atoms with van der Waals surface area (Å²) in [5, 5.41) is 15.6. The Bertz CT molecular complexity index is 3160. The summed E-state index contributed by atoms with van der Waals surface area (Å²) in [5.74, 6) is -0.630. The lowest BCUT2D eigenvalue weighted by molar-refractivity contribution is -0.151. The standard InChI is InChI=1S/C19H25ClN2O3.C18H23ClN2O3.C13H16ClNO.C8H8Cl2.C7H13NO4.C5H9NO.CH4/c1-13-11-14(3-4-16(13)20)12-21-9-7-15(8-10-21)22-17(19(24)25-2)5-6-18(22)23;1-12-10-13(2-3-15(12)19)11-20-8-6-14(7-9-20)21-16(18(23)24)4-5-17(21)22;1-10-8-11(2-3-13(10)14)9-15-6-4-12(16)5-7-15;1-6-4-7(5-9)2-3-8(6)10;1-11-6(9)4-3-5(8)7(10)12-2;7-5-1-3-6-4-2-5;/h3-4,11,15,17H,5-10,12H2,1-2H3;2-3,10,14,16H,4-9,11H2,1H3,(H,23,24);2-3,8H,4-7,9H2,1H3;2-4H,5H2,1H3;5H,3-4,8H2,1-2H3;6H,1-4H2;1H4/t17-;16-;;;5-;;/m11..1../s1. The molecule has 524 valence electrons. The highest BCUT2D eigenvalue weighted by Crippen LogP contribution is 2.31. The number of rotatable bonds is 15. The number of nitrogens with one attached hydrogen (secondary N) is 1. The number of ether oxygens (including phenoxy) is 3. The summed E-state index contributed by atoms with van der Waals surface area (Å²) in [7, 11) is 3.92. The number of benzene rings is 4. The number of aliphatic carboxylic acids is 1. The van der Waals surface area contributed by atoms with Crippen molar-refractivity contribution in [2.24, 2.45) is 5.73 Å². The molecule has 6 fully saturated rings. The third-order valence-corrected chi connectivity index (χ3v) is 19.4. The number of carbonyl (C=O) groups excluding carboxylic acids is 7. The van der Waals surface area contributed by atoms with Crippen molar-refractivity contribution >= 4 is 105 Å². The van der Waals surface area contributed by atoms with E-state index in [1.54, 1.807) is 9.80 Å². The van der Waals surface area contributed by atoms with Gasteiger partial charge in [-0.2, -0.15) is 0 Å². The van der Waals surface area contributed by atoms with E-state index in [1.165, 1.54) is 38.0 Å². The van der Waals surface area contributed by atoms with E-state index in [1.807, 2.05) is 70.2 Å². The lowest BCUT2D eigenvalue weighted by Crippen LogP contribution is -2.50. The molecule has 6 aliphatic rings. The normalized spacial score (nSPS) is 18.9. The van der Waals surface area contributed by atoms with Crippen molar-refractivity contribution in [3.63, 3.8) is 0 Å². The SMILES string of the molecule is C.COC(=O)CC[C@@H](N)C(=O)OC.COC(=O)[C@H]1CCC(=O)N1C1CCN(Cc2ccc(Cl)c(C)c2)CC1.Cc1cc(CCl)ccc1Cl.Cc1cc(CN2CCC(=O)CC2)ccc1Cl.Cc1cc(CN2CCC(N3C(=O)CC[C@@H]3C(=O)O)CC2)ccc1Cl.O=C1CCNCC1. The van der Waals surface area contributed by atoms with Crippen molar-refractivity contribution in [1.82, 2.24) is 29.8 Å². The van der Waals surface area contributed by atoms with Crippen LogP contribution in [0.1, 0.15) is 142 Å². The van der Waals surface area contributed by atoms with Gasteiger partial charge in [-0.1, -0.05) is 102 Å². The van der Waals surface area contributed by atoms with Gasteiger partial charge in [-0.3, -0.25) is 43.5 Å². The summed E-state index contributed by atoms with van der Waals surface area (Å²) in [5.41, 5.74) is 14.6. The number of ketones is 2. The van der Waals surface area contributed by atoms with Crippen molar-refractivity contribution in [3.05, 3.63) is 137 Å². The first kappa shape index (κ1) is 81.7. The Balaban J connectivity index is 0.000000254. The predicted molar refractivity (Wildman–Crippen MR) is 375 cm³/mol. The highest BCUT2D eigenvalue weighted by atomic mass is 35.5. The largest absolute Gasteiger partial charge is 0.480 e. The highest BCUT2D eigenvalue weighted by molar-refractivity contribution is 6.32. The van der Waals surface area contributed by atoms with Crippen LogP contribution in [-0.2, 0) is 78.1 Å². The van der Waals surface area contributed by atoms with E-state index in [0.717, 1.165) is 158 Å². The zero-order valence-corrected chi connectivity index (χ0v) is 59.1. The third-order valence-electron chi connectivity index (χ3n) is 17.4. The molecule has 3 atom stereocenters. The number of carboxylic acids is 1. The van der Waals surface area contributed by atoms with Gasteiger partial charge in [0, 0.05) is 155 Å². The van der Waals surface area contributed by atoms with E-state index in [9.17, 15) is 43.5 Å². The van der Waals surface area contributed by atoms with E-state index in [-0.39, 0.29) is 56.1 Å². The number of carboxylic acid groups (broad SMARTS) is 1. The van der Waals surface area contributed by atoms with Gasteiger partial charge >= 0.3 is 23.9 Å². The van der Waals surface area contributed by atoms with Crippen molar-refractivity contribution < 1.29 is 57.7 Å². The Morgan fingerprint density at radius 1 is 0.526 bits per heavy atom. The quantitative estimate of drug-likeness (QED) is 0.0569. The van der Waals surface area contributed by atoms with Gasteiger partial charge in [0.25, 0.3) is 0 Å².